The lowest BCUT2D eigenvalue weighted by atomic mass is 9.70. The van der Waals surface area contributed by atoms with Crippen LogP contribution < -0.4 is 0 Å². The molecule has 15 heavy (non-hydrogen) atoms. The molecule has 0 aromatic carbocycles. The zero-order chi connectivity index (χ0) is 10.7. The Labute approximate surface area is 89.2 Å². The Kier molecular flexibility index (Phi) is 3.40. The highest BCUT2D eigenvalue weighted by molar-refractivity contribution is 6.44. The van der Waals surface area contributed by atoms with Crippen LogP contribution in [0.1, 0.15) is 6.42 Å². The number of morpholine rings is 1. The van der Waals surface area contributed by atoms with Crippen LogP contribution >= 0.6 is 0 Å². The monoisotopic (exact) mass is 210 g/mol. The standard InChI is InChI=1S/C9H15BN2O3/c13-10(14)8-1-2-11-9(7-8)12-3-5-15-6-4-12/h1-2,8,13-14H,3-7H2. The molecule has 82 valence electrons. The Morgan fingerprint density at radius 2 is 2.13 bits per heavy atom. The molecule has 1 atom stereocenters. The first-order valence-electron chi connectivity index (χ1n) is 5.19. The summed E-state index contributed by atoms with van der Waals surface area (Å²) in [7, 11) is -1.30. The third-order valence-corrected chi connectivity index (χ3v) is 2.73. The van der Waals surface area contributed by atoms with Crippen molar-refractivity contribution in [3.8, 4) is 0 Å². The Bertz CT molecular complexity index is 275. The van der Waals surface area contributed by atoms with Crippen molar-refractivity contribution in [2.24, 2.45) is 4.99 Å². The zero-order valence-electron chi connectivity index (χ0n) is 8.54. The first kappa shape index (κ1) is 10.7. The predicted octanol–water partition coefficient (Wildman–Crippen LogP) is -0.523. The van der Waals surface area contributed by atoms with E-state index in [0.29, 0.717) is 6.42 Å². The van der Waals surface area contributed by atoms with E-state index in [0.717, 1.165) is 32.1 Å². The number of allylic oxidation sites excluding steroid dienone is 1. The van der Waals surface area contributed by atoms with Gasteiger partial charge in [0.1, 0.15) is 5.84 Å². The molecule has 6 heteroatoms. The molecule has 0 spiro atoms. The van der Waals surface area contributed by atoms with Crippen molar-refractivity contribution in [2.45, 2.75) is 12.2 Å². The van der Waals surface area contributed by atoms with Gasteiger partial charge < -0.3 is 19.7 Å². The van der Waals surface area contributed by atoms with Crippen LogP contribution in [0.3, 0.4) is 0 Å². The summed E-state index contributed by atoms with van der Waals surface area (Å²) >= 11 is 0. The SMILES string of the molecule is OB(O)C1C=CN=C(N2CCOCC2)C1. The number of aliphatic imine (C=N–C) groups is 1. The van der Waals surface area contributed by atoms with E-state index in [-0.39, 0.29) is 5.82 Å². The average molecular weight is 210 g/mol. The van der Waals surface area contributed by atoms with Crippen molar-refractivity contribution in [1.29, 1.82) is 0 Å². The Balaban J connectivity index is 1.97. The number of nitrogens with zero attached hydrogens (tertiary/aromatic N) is 2. The third-order valence-electron chi connectivity index (χ3n) is 2.73. The summed E-state index contributed by atoms with van der Waals surface area (Å²) in [6.45, 7) is 3.10. The minimum atomic E-state index is -1.30. The third kappa shape index (κ3) is 2.59. The summed E-state index contributed by atoms with van der Waals surface area (Å²) in [5.41, 5.74) is 0. The summed E-state index contributed by atoms with van der Waals surface area (Å²) in [5, 5.41) is 18.2. The minimum Gasteiger partial charge on any atom is -0.427 e. The van der Waals surface area contributed by atoms with E-state index >= 15 is 0 Å². The van der Waals surface area contributed by atoms with E-state index in [1.54, 1.807) is 12.3 Å². The molecule has 2 N–H and O–H groups in total. The second kappa shape index (κ2) is 4.78. The molecule has 1 unspecified atom stereocenters. The first-order chi connectivity index (χ1) is 7.27. The van der Waals surface area contributed by atoms with Gasteiger partial charge in [0.25, 0.3) is 0 Å². The van der Waals surface area contributed by atoms with Crippen LogP contribution in [0.5, 0.6) is 0 Å². The molecule has 0 saturated carbocycles. The minimum absolute atomic E-state index is 0.236. The second-order valence-electron chi connectivity index (χ2n) is 3.77. The molecule has 2 heterocycles. The lowest BCUT2D eigenvalue weighted by Crippen LogP contribution is -2.42. The molecule has 2 aliphatic heterocycles. The fraction of sp³-hybridized carbons (Fsp3) is 0.667. The van der Waals surface area contributed by atoms with Gasteiger partial charge in [0, 0.05) is 31.5 Å². The van der Waals surface area contributed by atoms with Gasteiger partial charge >= 0.3 is 7.12 Å². The van der Waals surface area contributed by atoms with Gasteiger partial charge in [0.05, 0.1) is 13.2 Å². The maximum Gasteiger partial charge on any atom is 0.459 e. The van der Waals surface area contributed by atoms with Crippen molar-refractivity contribution in [2.75, 3.05) is 26.3 Å². The lowest BCUT2D eigenvalue weighted by molar-refractivity contribution is 0.0671. The number of rotatable bonds is 1. The van der Waals surface area contributed by atoms with Gasteiger partial charge in [-0.15, -0.1) is 0 Å². The number of hydrogen-bond donors (Lipinski definition) is 2. The summed E-state index contributed by atoms with van der Waals surface area (Å²) in [6.07, 6.45) is 3.97. The van der Waals surface area contributed by atoms with Gasteiger partial charge in [-0.1, -0.05) is 6.08 Å². The molecule has 1 saturated heterocycles. The molecule has 2 aliphatic rings. The van der Waals surface area contributed by atoms with Gasteiger partial charge in [0.2, 0.25) is 0 Å². The van der Waals surface area contributed by atoms with Crippen LogP contribution in [0.25, 0.3) is 0 Å². The molecule has 0 aromatic rings. The van der Waals surface area contributed by atoms with Gasteiger partial charge in [-0.05, 0) is 0 Å². The van der Waals surface area contributed by atoms with E-state index in [9.17, 15) is 0 Å². The Morgan fingerprint density at radius 3 is 2.80 bits per heavy atom. The number of hydrogen-bond acceptors (Lipinski definition) is 5. The second-order valence-corrected chi connectivity index (χ2v) is 3.77. The average Bonchev–Trinajstić information content (AvgIpc) is 2.30. The maximum absolute atomic E-state index is 9.10. The van der Waals surface area contributed by atoms with Crippen LogP contribution in [0, 0.1) is 0 Å². The van der Waals surface area contributed by atoms with Crippen molar-refractivity contribution in [1.82, 2.24) is 4.90 Å². The highest BCUT2D eigenvalue weighted by atomic mass is 16.5. The molecule has 0 amide bonds. The van der Waals surface area contributed by atoms with Crippen molar-refractivity contribution in [3.05, 3.63) is 12.3 Å². The Hall–Kier alpha value is -0.845. The topological polar surface area (TPSA) is 65.3 Å². The van der Waals surface area contributed by atoms with Gasteiger partial charge in [-0.25, -0.2) is 4.99 Å². The summed E-state index contributed by atoms with van der Waals surface area (Å²) in [4.78, 5) is 6.41. The van der Waals surface area contributed by atoms with Gasteiger partial charge in [-0.2, -0.15) is 0 Å². The molecular formula is C9H15BN2O3. The van der Waals surface area contributed by atoms with Crippen LogP contribution in [-0.2, 0) is 4.74 Å². The van der Waals surface area contributed by atoms with Crippen molar-refractivity contribution in [3.63, 3.8) is 0 Å². The lowest BCUT2D eigenvalue weighted by Gasteiger charge is -2.32. The van der Waals surface area contributed by atoms with Crippen molar-refractivity contribution >= 4 is 13.0 Å². The van der Waals surface area contributed by atoms with Crippen LogP contribution in [-0.4, -0.2) is 54.2 Å². The normalized spacial score (nSPS) is 26.4. The fourth-order valence-electron chi connectivity index (χ4n) is 1.81. The van der Waals surface area contributed by atoms with Gasteiger partial charge in [-0.3, -0.25) is 0 Å². The summed E-state index contributed by atoms with van der Waals surface area (Å²) < 4.78 is 5.25. The predicted molar refractivity (Wildman–Crippen MR) is 57.5 cm³/mol. The van der Waals surface area contributed by atoms with Crippen LogP contribution in [0.15, 0.2) is 17.3 Å². The van der Waals surface area contributed by atoms with E-state index in [1.807, 2.05) is 0 Å². The maximum atomic E-state index is 9.10. The molecule has 0 radical (unpaired) electrons. The quantitative estimate of drug-likeness (QED) is 0.571. The highest BCUT2D eigenvalue weighted by Gasteiger charge is 2.27. The van der Waals surface area contributed by atoms with Gasteiger partial charge in [0.15, 0.2) is 0 Å². The van der Waals surface area contributed by atoms with Crippen molar-refractivity contribution < 1.29 is 14.8 Å². The largest absolute Gasteiger partial charge is 0.459 e. The number of ether oxygens (including phenoxy) is 1. The first-order valence-corrected chi connectivity index (χ1v) is 5.19. The van der Waals surface area contributed by atoms with E-state index in [1.165, 1.54) is 0 Å². The summed E-state index contributed by atoms with van der Waals surface area (Å²) in [6, 6.07) is 0. The fourth-order valence-corrected chi connectivity index (χ4v) is 1.81. The van der Waals surface area contributed by atoms with E-state index in [4.69, 9.17) is 14.8 Å². The van der Waals surface area contributed by atoms with E-state index < -0.39 is 7.12 Å². The molecule has 0 aliphatic carbocycles. The Morgan fingerprint density at radius 1 is 1.40 bits per heavy atom. The smallest absolute Gasteiger partial charge is 0.427 e. The number of amidine groups is 1. The highest BCUT2D eigenvalue weighted by Crippen LogP contribution is 2.21. The molecular weight excluding hydrogens is 195 g/mol. The molecule has 0 bridgehead atoms. The zero-order valence-corrected chi connectivity index (χ0v) is 8.54. The molecule has 0 aromatic heterocycles. The van der Waals surface area contributed by atoms with Crippen LogP contribution in [0.2, 0.25) is 5.82 Å². The summed E-state index contributed by atoms with van der Waals surface area (Å²) in [5.74, 6) is 0.694. The van der Waals surface area contributed by atoms with Crippen LogP contribution in [0.4, 0.5) is 0 Å². The molecule has 1 fully saturated rings. The molecule has 5 nitrogen and oxygen atoms in total. The molecule has 2 rings (SSSR count). The van der Waals surface area contributed by atoms with E-state index in [2.05, 4.69) is 9.89 Å².